The quantitative estimate of drug-likeness (QED) is 0.673. The number of amides is 2. The van der Waals surface area contributed by atoms with Crippen molar-refractivity contribution in [3.8, 4) is 17.2 Å². The summed E-state index contributed by atoms with van der Waals surface area (Å²) in [5.41, 5.74) is 0.250. The van der Waals surface area contributed by atoms with Crippen LogP contribution < -0.4 is 24.8 Å². The van der Waals surface area contributed by atoms with Crippen LogP contribution in [0.5, 0.6) is 17.2 Å². The normalized spacial score (nSPS) is 21.2. The Kier molecular flexibility index (Phi) is 6.53. The number of urea groups is 1. The van der Waals surface area contributed by atoms with Crippen molar-refractivity contribution in [2.24, 2.45) is 11.8 Å². The molecule has 0 bridgehead atoms. The second-order valence-electron chi connectivity index (χ2n) is 7.03. The standard InChI is InChI=1S/C18H21F5N2O4/c19-16(20)29-13-6-15-14(27-9-28-15)5-11(13)8-25-17(26)24-7-10-2-1-3-12(4-10)18(21,22)23/h5-6,10,12,16H,1-4,7-9H2,(H2,24,25,26). The molecule has 6 nitrogen and oxygen atoms in total. The van der Waals surface area contributed by atoms with Crippen molar-refractivity contribution in [3.05, 3.63) is 17.7 Å². The Morgan fingerprint density at radius 2 is 1.90 bits per heavy atom. The van der Waals surface area contributed by atoms with Crippen LogP contribution in [0.25, 0.3) is 0 Å². The van der Waals surface area contributed by atoms with E-state index in [4.69, 9.17) is 9.47 Å². The molecule has 1 aromatic rings. The molecule has 2 aliphatic rings. The zero-order valence-electron chi connectivity index (χ0n) is 15.4. The summed E-state index contributed by atoms with van der Waals surface area (Å²) < 4.78 is 78.6. The SMILES string of the molecule is O=C(NCc1cc2c(cc1OC(F)F)OCO2)NCC1CCCC(C(F)(F)F)C1. The first-order valence-electron chi connectivity index (χ1n) is 9.18. The van der Waals surface area contributed by atoms with Crippen LogP contribution in [0, 0.1) is 11.8 Å². The number of halogens is 5. The fraction of sp³-hybridized carbons (Fsp3) is 0.611. The van der Waals surface area contributed by atoms with Gasteiger partial charge in [0.25, 0.3) is 0 Å². The third kappa shape index (κ3) is 5.77. The predicted molar refractivity (Wildman–Crippen MR) is 90.9 cm³/mol. The van der Waals surface area contributed by atoms with Crippen LogP contribution in [0.3, 0.4) is 0 Å². The molecule has 3 rings (SSSR count). The molecule has 1 aromatic carbocycles. The van der Waals surface area contributed by atoms with E-state index in [0.717, 1.165) is 0 Å². The minimum atomic E-state index is -4.22. The number of fused-ring (bicyclic) bond motifs is 1. The zero-order valence-corrected chi connectivity index (χ0v) is 15.4. The second kappa shape index (κ2) is 8.91. The number of ether oxygens (including phenoxy) is 3. The highest BCUT2D eigenvalue weighted by atomic mass is 19.4. The number of nitrogens with one attached hydrogen (secondary N) is 2. The maximum absolute atomic E-state index is 12.9. The third-order valence-corrected chi connectivity index (χ3v) is 5.01. The highest BCUT2D eigenvalue weighted by Gasteiger charge is 2.42. The lowest BCUT2D eigenvalue weighted by atomic mass is 9.81. The number of hydrogen-bond acceptors (Lipinski definition) is 4. The molecule has 2 amide bonds. The largest absolute Gasteiger partial charge is 0.454 e. The maximum atomic E-state index is 12.9. The topological polar surface area (TPSA) is 68.8 Å². The molecular formula is C18H21F5N2O4. The van der Waals surface area contributed by atoms with Crippen LogP contribution in [0.15, 0.2) is 12.1 Å². The van der Waals surface area contributed by atoms with Gasteiger partial charge in [-0.25, -0.2) is 4.79 Å². The number of rotatable bonds is 6. The summed E-state index contributed by atoms with van der Waals surface area (Å²) in [5, 5.41) is 5.04. The van der Waals surface area contributed by atoms with Gasteiger partial charge in [-0.3, -0.25) is 0 Å². The molecule has 1 fully saturated rings. The number of alkyl halides is 5. The van der Waals surface area contributed by atoms with E-state index in [9.17, 15) is 26.7 Å². The molecule has 0 saturated heterocycles. The molecular weight excluding hydrogens is 403 g/mol. The Morgan fingerprint density at radius 1 is 1.17 bits per heavy atom. The van der Waals surface area contributed by atoms with Gasteiger partial charge in [0.1, 0.15) is 5.75 Å². The van der Waals surface area contributed by atoms with Gasteiger partial charge in [0.2, 0.25) is 6.79 Å². The van der Waals surface area contributed by atoms with Gasteiger partial charge in [-0.05, 0) is 31.2 Å². The van der Waals surface area contributed by atoms with E-state index in [1.165, 1.54) is 12.1 Å². The first kappa shape index (κ1) is 21.3. The van der Waals surface area contributed by atoms with Gasteiger partial charge in [0, 0.05) is 24.7 Å². The van der Waals surface area contributed by atoms with E-state index in [0.29, 0.717) is 18.6 Å². The molecule has 2 atom stereocenters. The monoisotopic (exact) mass is 424 g/mol. The van der Waals surface area contributed by atoms with Crippen LogP contribution in [-0.4, -0.2) is 32.2 Å². The molecule has 1 aliphatic heterocycles. The molecule has 1 saturated carbocycles. The predicted octanol–water partition coefficient (Wildman–Crippen LogP) is 4.18. The second-order valence-corrected chi connectivity index (χ2v) is 7.03. The van der Waals surface area contributed by atoms with E-state index in [1.807, 2.05) is 0 Å². The van der Waals surface area contributed by atoms with Crippen LogP contribution >= 0.6 is 0 Å². The Labute approximate surface area is 163 Å². The van der Waals surface area contributed by atoms with Gasteiger partial charge in [-0.15, -0.1) is 0 Å². The molecule has 29 heavy (non-hydrogen) atoms. The Hall–Kier alpha value is -2.46. The van der Waals surface area contributed by atoms with E-state index < -0.39 is 24.7 Å². The molecule has 1 aliphatic carbocycles. The van der Waals surface area contributed by atoms with E-state index in [-0.39, 0.29) is 55.7 Å². The summed E-state index contributed by atoms with van der Waals surface area (Å²) in [6.45, 7) is -3.14. The van der Waals surface area contributed by atoms with Gasteiger partial charge in [0.05, 0.1) is 5.92 Å². The van der Waals surface area contributed by atoms with Gasteiger partial charge in [0.15, 0.2) is 11.5 Å². The summed E-state index contributed by atoms with van der Waals surface area (Å²) in [6, 6.07) is 2.07. The molecule has 1 heterocycles. The van der Waals surface area contributed by atoms with E-state index in [2.05, 4.69) is 15.4 Å². The van der Waals surface area contributed by atoms with E-state index >= 15 is 0 Å². The molecule has 162 valence electrons. The first-order valence-corrected chi connectivity index (χ1v) is 9.18. The lowest BCUT2D eigenvalue weighted by Gasteiger charge is -2.30. The Bertz CT molecular complexity index is 729. The van der Waals surface area contributed by atoms with Crippen LogP contribution in [0.1, 0.15) is 31.2 Å². The van der Waals surface area contributed by atoms with Gasteiger partial charge >= 0.3 is 18.8 Å². The average Bonchev–Trinajstić information content (AvgIpc) is 3.10. The fourth-order valence-corrected chi connectivity index (χ4v) is 3.56. The summed E-state index contributed by atoms with van der Waals surface area (Å²) >= 11 is 0. The number of carbonyl (C=O) groups excluding carboxylic acids is 1. The van der Waals surface area contributed by atoms with Crippen molar-refractivity contribution in [1.82, 2.24) is 10.6 Å². The highest BCUT2D eigenvalue weighted by Crippen LogP contribution is 2.40. The molecule has 0 spiro atoms. The van der Waals surface area contributed by atoms with Crippen molar-refractivity contribution >= 4 is 6.03 Å². The third-order valence-electron chi connectivity index (χ3n) is 5.01. The number of carbonyl (C=O) groups is 1. The summed E-state index contributed by atoms with van der Waals surface area (Å²) in [4.78, 5) is 12.0. The molecule has 2 unspecified atom stereocenters. The first-order chi connectivity index (χ1) is 13.7. The molecule has 11 heteroatoms. The maximum Gasteiger partial charge on any atom is 0.391 e. The van der Waals surface area contributed by atoms with Crippen molar-refractivity contribution < 1.29 is 41.0 Å². The lowest BCUT2D eigenvalue weighted by molar-refractivity contribution is -0.185. The fourth-order valence-electron chi connectivity index (χ4n) is 3.56. The number of benzene rings is 1. The molecule has 0 aromatic heterocycles. The summed E-state index contributed by atoms with van der Waals surface area (Å²) in [7, 11) is 0. The minimum absolute atomic E-state index is 0.0156. The van der Waals surface area contributed by atoms with Crippen LogP contribution in [0.4, 0.5) is 26.7 Å². The zero-order chi connectivity index (χ0) is 21.0. The van der Waals surface area contributed by atoms with E-state index in [1.54, 1.807) is 0 Å². The lowest BCUT2D eigenvalue weighted by Crippen LogP contribution is -2.40. The molecule has 2 N–H and O–H groups in total. The summed E-state index contributed by atoms with van der Waals surface area (Å²) in [6.07, 6.45) is -3.05. The number of hydrogen-bond donors (Lipinski definition) is 2. The van der Waals surface area contributed by atoms with Gasteiger partial charge in [-0.2, -0.15) is 22.0 Å². The van der Waals surface area contributed by atoms with Crippen LogP contribution in [0.2, 0.25) is 0 Å². The minimum Gasteiger partial charge on any atom is -0.454 e. The highest BCUT2D eigenvalue weighted by molar-refractivity contribution is 5.74. The van der Waals surface area contributed by atoms with Gasteiger partial charge < -0.3 is 24.8 Å². The van der Waals surface area contributed by atoms with Crippen molar-refractivity contribution in [1.29, 1.82) is 0 Å². The van der Waals surface area contributed by atoms with Gasteiger partial charge in [-0.1, -0.05) is 6.42 Å². The van der Waals surface area contributed by atoms with Crippen molar-refractivity contribution in [2.75, 3.05) is 13.3 Å². The smallest absolute Gasteiger partial charge is 0.391 e. The Morgan fingerprint density at radius 3 is 2.59 bits per heavy atom. The van der Waals surface area contributed by atoms with Crippen molar-refractivity contribution in [2.45, 2.75) is 45.0 Å². The Balaban J connectivity index is 1.52. The summed E-state index contributed by atoms with van der Waals surface area (Å²) in [5.74, 6) is -1.17. The van der Waals surface area contributed by atoms with Crippen molar-refractivity contribution in [3.63, 3.8) is 0 Å². The average molecular weight is 424 g/mol. The molecule has 0 radical (unpaired) electrons. The van der Waals surface area contributed by atoms with Crippen LogP contribution in [-0.2, 0) is 6.54 Å².